The number of rotatable bonds is 8. The molecule has 12 rings (SSSR count). The largest absolute Gasteiger partial charge is 0.213 e. The van der Waals surface area contributed by atoms with E-state index < -0.39 is 0 Å². The van der Waals surface area contributed by atoms with E-state index in [1.807, 2.05) is 0 Å². The lowest BCUT2D eigenvalue weighted by Gasteiger charge is -2.18. The summed E-state index contributed by atoms with van der Waals surface area (Å²) in [6, 6.07) is 73.9. The number of fused-ring (bicyclic) bond motifs is 4. The van der Waals surface area contributed by atoms with E-state index in [2.05, 4.69) is 378 Å². The molecule has 0 saturated carbocycles. The molecule has 0 atom stereocenters. The Morgan fingerprint density at radius 2 is 0.558 bits per heavy atom. The average molecular weight is 1260 g/mol. The van der Waals surface area contributed by atoms with Crippen molar-refractivity contribution in [3.05, 3.63) is 261 Å². The second kappa shape index (κ2) is 28.8. The molecule has 0 aliphatic heterocycles. The van der Waals surface area contributed by atoms with Crippen LogP contribution in [0.5, 0.6) is 0 Å². The number of benzene rings is 8. The Bertz CT molecular complexity index is 4760. The Morgan fingerprint density at radius 1 is 0.242 bits per heavy atom. The third-order valence-corrected chi connectivity index (χ3v) is 18.5. The number of hydrogen-bond acceptors (Lipinski definition) is 0. The first-order valence-corrected chi connectivity index (χ1v) is 34.5. The number of nitrogens with zero attached hydrogens (tertiary/aromatic N) is 4. The molecule has 0 aliphatic rings. The molecule has 0 amide bonds. The maximum absolute atomic E-state index is 2.35. The molecule has 490 valence electrons. The van der Waals surface area contributed by atoms with Crippen molar-refractivity contribution < 1.29 is 18.3 Å². The fourth-order valence-electron chi connectivity index (χ4n) is 13.8. The average Bonchev–Trinajstić information content (AvgIpc) is 0.805. The van der Waals surface area contributed by atoms with Gasteiger partial charge in [0, 0.05) is 92.3 Å². The van der Waals surface area contributed by atoms with Crippen molar-refractivity contribution in [3.8, 4) is 45.0 Å². The molecule has 0 unspecified atom stereocenters. The van der Waals surface area contributed by atoms with E-state index in [0.717, 1.165) is 25.7 Å². The van der Waals surface area contributed by atoms with Gasteiger partial charge in [-0.3, -0.25) is 0 Å². The van der Waals surface area contributed by atoms with Crippen LogP contribution in [0.1, 0.15) is 144 Å². The lowest BCUT2D eigenvalue weighted by atomic mass is 9.87. The second-order valence-corrected chi connectivity index (χ2v) is 32.3. The van der Waals surface area contributed by atoms with E-state index in [0.29, 0.717) is 21.7 Å². The second-order valence-electron chi connectivity index (χ2n) is 32.3. The molecule has 12 aromatic rings. The number of aromatic nitrogens is 4. The lowest BCUT2D eigenvalue weighted by molar-refractivity contribution is -0.633. The third kappa shape index (κ3) is 17.9. The maximum Gasteiger partial charge on any atom is 0.213 e. The zero-order valence-electron chi connectivity index (χ0n) is 62.2. The van der Waals surface area contributed by atoms with E-state index in [1.165, 1.54) is 150 Å². The Hall–Kier alpha value is -8.60. The van der Waals surface area contributed by atoms with Gasteiger partial charge in [0.1, 0.15) is 28.2 Å². The molecule has 4 aromatic heterocycles. The molecule has 4 nitrogen and oxygen atoms in total. The smallest absolute Gasteiger partial charge is 0.194 e. The minimum atomic E-state index is 0.305. The van der Waals surface area contributed by atoms with Crippen molar-refractivity contribution in [1.82, 2.24) is 0 Å². The van der Waals surface area contributed by atoms with E-state index in [9.17, 15) is 0 Å². The summed E-state index contributed by atoms with van der Waals surface area (Å²) in [5, 5.41) is 5.23. The van der Waals surface area contributed by atoms with Gasteiger partial charge in [0.05, 0.1) is 0 Å². The predicted molar refractivity (Wildman–Crippen MR) is 408 cm³/mol. The van der Waals surface area contributed by atoms with Gasteiger partial charge in [-0.2, -0.15) is 18.3 Å². The standard InChI is InChI=1S/C24H30N.C23H28N.2C22H26N/c1-16-12-17(2)18(3)21(13-16)23-11-9-20-14-19(15-24(4,5)6)8-10-22(20)25(23)7;1-16-7-8-17(2)20(13-16)22-12-10-19-14-18(15-23(3,4)5)9-11-21(19)24(22)6;1-16-8-6-7-9-19(16)21-13-11-18-14-17(15-22(2,3)4)10-12-20(18)23(21)5;1-16-8-6-7-9-19(16)20-13-12-18-11-10-17(15-22(2,3)4)14-21(18)23(20)5/h8-14H,15H2,1-7H3;7-14H,15H2,1-6H3;2*6-14H,15H2,1-5H3/q4*+1. The van der Waals surface area contributed by atoms with Crippen molar-refractivity contribution in [1.29, 1.82) is 0 Å². The van der Waals surface area contributed by atoms with Gasteiger partial charge in [0.15, 0.2) is 0 Å². The van der Waals surface area contributed by atoms with Crippen LogP contribution in [0.25, 0.3) is 88.6 Å². The first-order valence-electron chi connectivity index (χ1n) is 34.5. The molecule has 8 aromatic carbocycles. The first-order chi connectivity index (χ1) is 44.6. The Kier molecular flexibility index (Phi) is 21.4. The quantitative estimate of drug-likeness (QED) is 0.135. The number of aryl methyl sites for hydroxylation is 10. The summed E-state index contributed by atoms with van der Waals surface area (Å²) in [5.41, 5.74) is 31.7. The number of pyridine rings is 4. The minimum absolute atomic E-state index is 0.305. The fraction of sp³-hybridized carbons (Fsp3) is 0.341. The maximum atomic E-state index is 2.35. The molecule has 95 heavy (non-hydrogen) atoms. The summed E-state index contributed by atoms with van der Waals surface area (Å²) in [5.74, 6) is 0. The van der Waals surface area contributed by atoms with Gasteiger partial charge in [-0.05, 0) is 219 Å². The molecular formula is C91H110N4+4. The van der Waals surface area contributed by atoms with Crippen molar-refractivity contribution in [2.45, 2.75) is 157 Å². The molecule has 0 aliphatic carbocycles. The van der Waals surface area contributed by atoms with Crippen LogP contribution < -0.4 is 18.3 Å². The Labute approximate surface area is 572 Å². The third-order valence-electron chi connectivity index (χ3n) is 18.5. The van der Waals surface area contributed by atoms with E-state index in [-0.39, 0.29) is 0 Å². The van der Waals surface area contributed by atoms with Crippen LogP contribution in [0.15, 0.2) is 200 Å². The summed E-state index contributed by atoms with van der Waals surface area (Å²) < 4.78 is 9.28. The van der Waals surface area contributed by atoms with Gasteiger partial charge in [0.25, 0.3) is 0 Å². The zero-order valence-corrected chi connectivity index (χ0v) is 62.2. The lowest BCUT2D eigenvalue weighted by Crippen LogP contribution is -2.32. The van der Waals surface area contributed by atoms with Crippen LogP contribution in [-0.4, -0.2) is 0 Å². The van der Waals surface area contributed by atoms with Crippen LogP contribution >= 0.6 is 0 Å². The van der Waals surface area contributed by atoms with E-state index >= 15 is 0 Å². The molecule has 0 saturated heterocycles. The normalized spacial score (nSPS) is 11.9. The summed E-state index contributed by atoms with van der Waals surface area (Å²) >= 11 is 0. The van der Waals surface area contributed by atoms with Crippen LogP contribution in [0.4, 0.5) is 0 Å². The summed E-state index contributed by atoms with van der Waals surface area (Å²) in [7, 11) is 8.68. The molecule has 0 radical (unpaired) electrons. The molecule has 0 fully saturated rings. The predicted octanol–water partition coefficient (Wildman–Crippen LogP) is 21.8. The monoisotopic (exact) mass is 1260 g/mol. The van der Waals surface area contributed by atoms with Gasteiger partial charge in [0.2, 0.25) is 44.8 Å². The van der Waals surface area contributed by atoms with Crippen LogP contribution in [0.2, 0.25) is 0 Å². The summed E-state index contributed by atoms with van der Waals surface area (Å²) in [6.45, 7) is 42.8. The molecule has 4 heteroatoms. The van der Waals surface area contributed by atoms with Gasteiger partial charge in [-0.1, -0.05) is 173 Å². The van der Waals surface area contributed by atoms with Gasteiger partial charge in [-0.25, -0.2) is 0 Å². The highest BCUT2D eigenvalue weighted by Crippen LogP contribution is 2.32. The van der Waals surface area contributed by atoms with Gasteiger partial charge in [-0.15, -0.1) is 0 Å². The number of hydrogen-bond donors (Lipinski definition) is 0. The minimum Gasteiger partial charge on any atom is -0.194 e. The Morgan fingerprint density at radius 3 is 0.958 bits per heavy atom. The van der Waals surface area contributed by atoms with Crippen molar-refractivity contribution in [2.24, 2.45) is 49.9 Å². The van der Waals surface area contributed by atoms with Gasteiger partial charge < -0.3 is 0 Å². The highest BCUT2D eigenvalue weighted by atomic mass is 15.0. The molecule has 0 spiro atoms. The summed E-state index contributed by atoms with van der Waals surface area (Å²) in [6.07, 6.45) is 4.40. The highest BCUT2D eigenvalue weighted by Gasteiger charge is 2.23. The van der Waals surface area contributed by atoms with Crippen LogP contribution in [0.3, 0.4) is 0 Å². The van der Waals surface area contributed by atoms with Crippen molar-refractivity contribution in [2.75, 3.05) is 0 Å². The zero-order chi connectivity index (χ0) is 69.1. The SMILES string of the molecule is Cc1cc(C)c(C)c(-c2ccc3cc(CC(C)(C)C)ccc3[n+]2C)c1.Cc1ccc(C)c(-c2ccc3cc(CC(C)(C)C)ccc3[n+]2C)c1.Cc1ccccc1-c1ccc2cc(CC(C)(C)C)ccc2[n+]1C.Cc1ccccc1-c1ccc2ccc(CC(C)(C)C)cc2[n+]1C. The highest BCUT2D eigenvalue weighted by molar-refractivity contribution is 5.82. The van der Waals surface area contributed by atoms with Crippen LogP contribution in [0, 0.1) is 70.1 Å². The summed E-state index contributed by atoms with van der Waals surface area (Å²) in [4.78, 5) is 0. The molecular weight excluding hydrogens is 1150 g/mol. The topological polar surface area (TPSA) is 15.5 Å². The van der Waals surface area contributed by atoms with Crippen LogP contribution in [-0.2, 0) is 53.9 Å². The molecule has 4 heterocycles. The fourth-order valence-corrected chi connectivity index (χ4v) is 13.8. The van der Waals surface area contributed by atoms with Crippen molar-refractivity contribution in [3.63, 3.8) is 0 Å². The van der Waals surface area contributed by atoms with Gasteiger partial charge >= 0.3 is 0 Å². The first kappa shape index (κ1) is 70.7. The van der Waals surface area contributed by atoms with E-state index in [4.69, 9.17) is 0 Å². The van der Waals surface area contributed by atoms with Crippen molar-refractivity contribution >= 4 is 43.6 Å². The van der Waals surface area contributed by atoms with E-state index in [1.54, 1.807) is 0 Å². The molecule has 0 bridgehead atoms. The molecule has 0 N–H and O–H groups in total. The Balaban J connectivity index is 0.000000149.